The van der Waals surface area contributed by atoms with E-state index in [-0.39, 0.29) is 5.91 Å². The predicted octanol–water partition coefficient (Wildman–Crippen LogP) is 3.03. The van der Waals surface area contributed by atoms with Crippen molar-refractivity contribution < 1.29 is 9.53 Å². The molecule has 2 aromatic rings. The van der Waals surface area contributed by atoms with Crippen molar-refractivity contribution in [2.24, 2.45) is 0 Å². The van der Waals surface area contributed by atoms with Crippen molar-refractivity contribution in [1.82, 2.24) is 9.80 Å². The number of benzene rings is 1. The molecule has 1 fully saturated rings. The number of aryl methyl sites for hydroxylation is 1. The fourth-order valence-corrected chi connectivity index (χ4v) is 3.83. The van der Waals surface area contributed by atoms with E-state index < -0.39 is 0 Å². The van der Waals surface area contributed by atoms with Crippen LogP contribution >= 0.6 is 11.3 Å². The summed E-state index contributed by atoms with van der Waals surface area (Å²) in [6.45, 7) is 4.57. The van der Waals surface area contributed by atoms with Crippen LogP contribution < -0.4 is 4.74 Å². The molecule has 0 unspecified atom stereocenters. The van der Waals surface area contributed by atoms with Crippen LogP contribution in [-0.4, -0.2) is 49.0 Å². The van der Waals surface area contributed by atoms with Crippen LogP contribution in [-0.2, 0) is 17.8 Å². The second-order valence-electron chi connectivity index (χ2n) is 6.05. The molecule has 3 rings (SSSR count). The van der Waals surface area contributed by atoms with E-state index in [1.807, 2.05) is 29.2 Å². The van der Waals surface area contributed by atoms with Crippen molar-refractivity contribution in [1.29, 1.82) is 0 Å². The molecule has 128 valence electrons. The second-order valence-corrected chi connectivity index (χ2v) is 7.08. The largest absolute Gasteiger partial charge is 0.496 e. The number of carbonyl (C=O) groups is 1. The second kappa shape index (κ2) is 8.31. The number of carbonyl (C=O) groups excluding carboxylic acids is 1. The monoisotopic (exact) mass is 344 g/mol. The number of amides is 1. The van der Waals surface area contributed by atoms with Gasteiger partial charge in [-0.15, -0.1) is 11.3 Å². The van der Waals surface area contributed by atoms with E-state index in [0.717, 1.165) is 50.5 Å². The maximum Gasteiger partial charge on any atom is 0.222 e. The minimum Gasteiger partial charge on any atom is -0.496 e. The Morgan fingerprint density at radius 1 is 1.12 bits per heavy atom. The van der Waals surface area contributed by atoms with Gasteiger partial charge in [0.15, 0.2) is 0 Å². The first-order chi connectivity index (χ1) is 11.8. The molecule has 0 saturated carbocycles. The maximum atomic E-state index is 12.5. The van der Waals surface area contributed by atoms with Gasteiger partial charge in [-0.05, 0) is 29.5 Å². The van der Waals surface area contributed by atoms with E-state index in [0.29, 0.717) is 6.42 Å². The van der Waals surface area contributed by atoms with Crippen molar-refractivity contribution in [3.05, 3.63) is 52.2 Å². The van der Waals surface area contributed by atoms with Crippen LogP contribution in [0.3, 0.4) is 0 Å². The summed E-state index contributed by atoms with van der Waals surface area (Å²) in [7, 11) is 1.67. The van der Waals surface area contributed by atoms with Gasteiger partial charge in [-0.1, -0.05) is 24.3 Å². The number of para-hydroxylation sites is 1. The van der Waals surface area contributed by atoms with Gasteiger partial charge in [0, 0.05) is 44.0 Å². The zero-order valence-electron chi connectivity index (χ0n) is 14.1. The summed E-state index contributed by atoms with van der Waals surface area (Å²) in [6, 6.07) is 12.2. The smallest absolute Gasteiger partial charge is 0.222 e. The lowest BCUT2D eigenvalue weighted by Gasteiger charge is -2.34. The number of hydrogen-bond acceptors (Lipinski definition) is 4. The van der Waals surface area contributed by atoms with Gasteiger partial charge >= 0.3 is 0 Å². The minimum absolute atomic E-state index is 0.247. The summed E-state index contributed by atoms with van der Waals surface area (Å²) in [5.74, 6) is 1.11. The molecule has 0 bridgehead atoms. The average Bonchev–Trinajstić information content (AvgIpc) is 3.13. The molecule has 5 heteroatoms. The molecule has 0 N–H and O–H groups in total. The highest BCUT2D eigenvalue weighted by Crippen LogP contribution is 2.19. The topological polar surface area (TPSA) is 32.8 Å². The van der Waals surface area contributed by atoms with Crippen molar-refractivity contribution in [2.75, 3.05) is 33.3 Å². The third kappa shape index (κ3) is 4.36. The van der Waals surface area contributed by atoms with Gasteiger partial charge in [-0.2, -0.15) is 0 Å². The standard InChI is InChI=1S/C19H24N2O2S/c1-23-18-7-3-2-5-16(18)8-9-19(22)21-12-10-20(11-13-21)15-17-6-4-14-24-17/h2-7,14H,8-13,15H2,1H3. The van der Waals surface area contributed by atoms with Gasteiger partial charge < -0.3 is 9.64 Å². The first-order valence-corrected chi connectivity index (χ1v) is 9.28. The molecule has 1 aromatic heterocycles. The normalized spacial score (nSPS) is 15.5. The molecule has 0 spiro atoms. The molecule has 1 aliphatic rings. The summed E-state index contributed by atoms with van der Waals surface area (Å²) in [6.07, 6.45) is 1.28. The third-order valence-corrected chi connectivity index (χ3v) is 5.35. The summed E-state index contributed by atoms with van der Waals surface area (Å²) in [4.78, 5) is 18.3. The van der Waals surface area contributed by atoms with Gasteiger partial charge in [-0.25, -0.2) is 0 Å². The number of rotatable bonds is 6. The number of methoxy groups -OCH3 is 1. The van der Waals surface area contributed by atoms with E-state index >= 15 is 0 Å². The summed E-state index contributed by atoms with van der Waals surface area (Å²) in [5, 5.41) is 2.12. The van der Waals surface area contributed by atoms with E-state index in [9.17, 15) is 4.79 Å². The third-order valence-electron chi connectivity index (χ3n) is 4.49. The van der Waals surface area contributed by atoms with Crippen molar-refractivity contribution in [3.63, 3.8) is 0 Å². The highest BCUT2D eigenvalue weighted by Gasteiger charge is 2.21. The van der Waals surface area contributed by atoms with Crippen LogP contribution in [0, 0.1) is 0 Å². The zero-order valence-corrected chi connectivity index (χ0v) is 14.9. The molecule has 1 saturated heterocycles. The molecule has 0 aliphatic carbocycles. The number of piperazine rings is 1. The van der Waals surface area contributed by atoms with E-state index in [1.54, 1.807) is 18.4 Å². The Balaban J connectivity index is 1.45. The molecule has 1 amide bonds. The minimum atomic E-state index is 0.247. The Hall–Kier alpha value is -1.85. The van der Waals surface area contributed by atoms with Gasteiger partial charge in [0.05, 0.1) is 7.11 Å². The fourth-order valence-electron chi connectivity index (χ4n) is 3.09. The summed E-state index contributed by atoms with van der Waals surface area (Å²) >= 11 is 1.80. The highest BCUT2D eigenvalue weighted by atomic mass is 32.1. The van der Waals surface area contributed by atoms with Crippen LogP contribution in [0.4, 0.5) is 0 Å². The van der Waals surface area contributed by atoms with Crippen LogP contribution in [0.25, 0.3) is 0 Å². The van der Waals surface area contributed by atoms with Crippen LogP contribution in [0.5, 0.6) is 5.75 Å². The Morgan fingerprint density at radius 3 is 2.62 bits per heavy atom. The first-order valence-electron chi connectivity index (χ1n) is 8.40. The van der Waals surface area contributed by atoms with Crippen molar-refractivity contribution in [2.45, 2.75) is 19.4 Å². The van der Waals surface area contributed by atoms with Gasteiger partial charge in [0.2, 0.25) is 5.91 Å². The highest BCUT2D eigenvalue weighted by molar-refractivity contribution is 7.09. The molecule has 1 aliphatic heterocycles. The van der Waals surface area contributed by atoms with Crippen LogP contribution in [0.1, 0.15) is 16.9 Å². The van der Waals surface area contributed by atoms with Gasteiger partial charge in [0.1, 0.15) is 5.75 Å². The molecular formula is C19H24N2O2S. The molecule has 24 heavy (non-hydrogen) atoms. The Labute approximate surface area is 147 Å². The van der Waals surface area contributed by atoms with Gasteiger partial charge in [0.25, 0.3) is 0 Å². The van der Waals surface area contributed by atoms with E-state index in [1.165, 1.54) is 4.88 Å². The molecule has 0 radical (unpaired) electrons. The quantitative estimate of drug-likeness (QED) is 0.807. The van der Waals surface area contributed by atoms with Crippen LogP contribution in [0.15, 0.2) is 41.8 Å². The number of hydrogen-bond donors (Lipinski definition) is 0. The SMILES string of the molecule is COc1ccccc1CCC(=O)N1CCN(Cc2cccs2)CC1. The number of ether oxygens (including phenoxy) is 1. The van der Waals surface area contributed by atoms with Crippen molar-refractivity contribution in [3.8, 4) is 5.75 Å². The zero-order chi connectivity index (χ0) is 16.8. The summed E-state index contributed by atoms with van der Waals surface area (Å²) < 4.78 is 5.36. The molecular weight excluding hydrogens is 320 g/mol. The number of thiophene rings is 1. The number of nitrogens with zero attached hydrogens (tertiary/aromatic N) is 2. The van der Waals surface area contributed by atoms with E-state index in [2.05, 4.69) is 22.4 Å². The molecule has 0 atom stereocenters. The Morgan fingerprint density at radius 2 is 1.92 bits per heavy atom. The predicted molar refractivity (Wildman–Crippen MR) is 97.5 cm³/mol. The lowest BCUT2D eigenvalue weighted by molar-refractivity contribution is -0.132. The molecule has 1 aromatic carbocycles. The summed E-state index contributed by atoms with van der Waals surface area (Å²) in [5.41, 5.74) is 1.10. The maximum absolute atomic E-state index is 12.5. The fraction of sp³-hybridized carbons (Fsp3) is 0.421. The molecule has 2 heterocycles. The average molecular weight is 344 g/mol. The first kappa shape index (κ1) is 17.0. The Kier molecular flexibility index (Phi) is 5.88. The van der Waals surface area contributed by atoms with Crippen LogP contribution in [0.2, 0.25) is 0 Å². The molecule has 4 nitrogen and oxygen atoms in total. The lowest BCUT2D eigenvalue weighted by atomic mass is 10.1. The Bertz CT molecular complexity index is 649. The van der Waals surface area contributed by atoms with Crippen molar-refractivity contribution >= 4 is 17.2 Å². The van der Waals surface area contributed by atoms with E-state index in [4.69, 9.17) is 4.74 Å². The van der Waals surface area contributed by atoms with Gasteiger partial charge in [-0.3, -0.25) is 9.69 Å². The lowest BCUT2D eigenvalue weighted by Crippen LogP contribution is -2.48.